The number of hydrogen-bond donors (Lipinski definition) is 1. The zero-order chi connectivity index (χ0) is 33.6. The summed E-state index contributed by atoms with van der Waals surface area (Å²) in [5.41, 5.74) is 1.71. The molecule has 1 N–H and O–H groups in total. The number of nitrogens with one attached hydrogen (secondary N) is 1. The van der Waals surface area contributed by atoms with E-state index in [-0.39, 0.29) is 23.5 Å². The third kappa shape index (κ3) is 9.04. The Bertz CT molecular complexity index is 1770. The van der Waals surface area contributed by atoms with Gasteiger partial charge in [0.15, 0.2) is 0 Å². The van der Waals surface area contributed by atoms with E-state index in [1.165, 1.54) is 29.2 Å². The normalized spacial score (nSPS) is 12.3. The van der Waals surface area contributed by atoms with Gasteiger partial charge in [0.2, 0.25) is 11.8 Å². The molecule has 0 heterocycles. The van der Waals surface area contributed by atoms with Crippen LogP contribution < -0.4 is 9.62 Å². The number of carbonyl (C=O) groups is 2. The number of sulfonamides is 1. The van der Waals surface area contributed by atoms with Crippen molar-refractivity contribution in [2.24, 2.45) is 0 Å². The largest absolute Gasteiger partial charge is 0.350 e. The molecular formula is C35H36Cl3N3O4S. The lowest BCUT2D eigenvalue weighted by atomic mass is 10.0. The van der Waals surface area contributed by atoms with Crippen molar-refractivity contribution in [2.75, 3.05) is 10.8 Å². The van der Waals surface area contributed by atoms with E-state index in [0.717, 1.165) is 15.4 Å². The molecule has 1 unspecified atom stereocenters. The molecule has 0 aliphatic carbocycles. The van der Waals surface area contributed by atoms with Gasteiger partial charge in [-0.15, -0.1) is 0 Å². The van der Waals surface area contributed by atoms with E-state index >= 15 is 0 Å². The van der Waals surface area contributed by atoms with Crippen molar-refractivity contribution in [3.05, 3.63) is 129 Å². The van der Waals surface area contributed by atoms with Crippen LogP contribution in [0.15, 0.2) is 102 Å². The third-order valence-corrected chi connectivity index (χ3v) is 9.88. The van der Waals surface area contributed by atoms with E-state index in [2.05, 4.69) is 5.32 Å². The van der Waals surface area contributed by atoms with Gasteiger partial charge in [0, 0.05) is 39.1 Å². The maximum atomic E-state index is 14.6. The number of amides is 2. The molecule has 11 heteroatoms. The highest BCUT2D eigenvalue weighted by molar-refractivity contribution is 7.92. The summed E-state index contributed by atoms with van der Waals surface area (Å²) in [4.78, 5) is 29.9. The fourth-order valence-electron chi connectivity index (χ4n) is 4.91. The summed E-state index contributed by atoms with van der Waals surface area (Å²) in [7, 11) is -4.26. The number of benzene rings is 4. The zero-order valence-electron chi connectivity index (χ0n) is 26.0. The summed E-state index contributed by atoms with van der Waals surface area (Å²) in [6.45, 7) is 6.62. The van der Waals surface area contributed by atoms with Crippen molar-refractivity contribution >= 4 is 62.3 Å². The van der Waals surface area contributed by atoms with Crippen LogP contribution >= 0.6 is 34.8 Å². The second kappa shape index (κ2) is 14.9. The monoisotopic (exact) mass is 699 g/mol. The summed E-state index contributed by atoms with van der Waals surface area (Å²) < 4.78 is 29.4. The molecule has 1 atom stereocenters. The molecule has 0 aliphatic heterocycles. The fraction of sp³-hybridized carbons (Fsp3) is 0.257. The van der Waals surface area contributed by atoms with Crippen LogP contribution in [0, 0.1) is 6.92 Å². The molecule has 0 radical (unpaired) electrons. The van der Waals surface area contributed by atoms with Crippen LogP contribution in [0.25, 0.3) is 0 Å². The van der Waals surface area contributed by atoms with E-state index in [1.54, 1.807) is 36.4 Å². The van der Waals surface area contributed by atoms with Crippen molar-refractivity contribution in [1.82, 2.24) is 10.2 Å². The molecule has 4 rings (SSSR count). The number of halogens is 3. The first kappa shape index (κ1) is 35.3. The summed E-state index contributed by atoms with van der Waals surface area (Å²) in [5, 5.41) is 3.99. The highest BCUT2D eigenvalue weighted by Crippen LogP contribution is 2.30. The number of rotatable bonds is 11. The third-order valence-electron chi connectivity index (χ3n) is 7.13. The second-order valence-corrected chi connectivity index (χ2v) is 15.1. The lowest BCUT2D eigenvalue weighted by molar-refractivity contribution is -0.140. The van der Waals surface area contributed by atoms with E-state index in [9.17, 15) is 18.0 Å². The van der Waals surface area contributed by atoms with Gasteiger partial charge in [-0.3, -0.25) is 13.9 Å². The highest BCUT2D eigenvalue weighted by Gasteiger charge is 2.36. The molecule has 0 saturated heterocycles. The van der Waals surface area contributed by atoms with Gasteiger partial charge in [-0.25, -0.2) is 8.42 Å². The quantitative estimate of drug-likeness (QED) is 0.174. The molecule has 7 nitrogen and oxygen atoms in total. The number of aryl methyl sites for hydroxylation is 1. The van der Waals surface area contributed by atoms with Crippen LogP contribution in [-0.4, -0.2) is 43.3 Å². The summed E-state index contributed by atoms with van der Waals surface area (Å²) in [5.74, 6) is -1.03. The molecule has 4 aromatic rings. The van der Waals surface area contributed by atoms with Crippen molar-refractivity contribution < 1.29 is 18.0 Å². The lowest BCUT2D eigenvalue weighted by Crippen LogP contribution is -2.56. The number of hydrogen-bond acceptors (Lipinski definition) is 4. The van der Waals surface area contributed by atoms with E-state index in [1.807, 2.05) is 64.1 Å². The first-order valence-corrected chi connectivity index (χ1v) is 17.2. The maximum absolute atomic E-state index is 14.6. The molecular weight excluding hydrogens is 665 g/mol. The predicted molar refractivity (Wildman–Crippen MR) is 186 cm³/mol. The summed E-state index contributed by atoms with van der Waals surface area (Å²) >= 11 is 19.2. The van der Waals surface area contributed by atoms with Gasteiger partial charge in [0.1, 0.15) is 12.6 Å². The smallest absolute Gasteiger partial charge is 0.264 e. The van der Waals surface area contributed by atoms with Gasteiger partial charge >= 0.3 is 0 Å². The molecule has 2 amide bonds. The highest BCUT2D eigenvalue weighted by atomic mass is 35.5. The average Bonchev–Trinajstić information content (AvgIpc) is 2.98. The summed E-state index contributed by atoms with van der Waals surface area (Å²) in [6, 6.07) is 25.8. The van der Waals surface area contributed by atoms with Gasteiger partial charge in [-0.1, -0.05) is 83.3 Å². The van der Waals surface area contributed by atoms with Crippen molar-refractivity contribution in [3.63, 3.8) is 0 Å². The molecule has 0 saturated carbocycles. The predicted octanol–water partition coefficient (Wildman–Crippen LogP) is 7.71. The van der Waals surface area contributed by atoms with Gasteiger partial charge in [-0.2, -0.15) is 0 Å². The van der Waals surface area contributed by atoms with Crippen molar-refractivity contribution in [1.29, 1.82) is 0 Å². The van der Waals surface area contributed by atoms with Crippen LogP contribution in [0.2, 0.25) is 15.1 Å². The standard InChI is InChI=1S/C35H36Cl3N3O4S/c1-24-10-8-13-27(20-24)41(46(44,45)28-18-16-26(36)17-19-28)23-33(42)40(22-29-30(37)14-9-15-31(29)38)32(34(43)39-35(2,3)4)21-25-11-6-5-7-12-25/h5-20,32H,21-23H2,1-4H3,(H,39,43). The Morgan fingerprint density at radius 2 is 1.43 bits per heavy atom. The first-order chi connectivity index (χ1) is 21.7. The molecule has 4 aromatic carbocycles. The SMILES string of the molecule is Cc1cccc(N(CC(=O)N(Cc2c(Cl)cccc2Cl)C(Cc2ccccc2)C(=O)NC(C)(C)C)S(=O)(=O)c2ccc(Cl)cc2)c1. The molecule has 0 fully saturated rings. The first-order valence-electron chi connectivity index (χ1n) is 14.6. The van der Waals surface area contributed by atoms with E-state index in [4.69, 9.17) is 34.8 Å². The molecule has 0 aromatic heterocycles. The number of anilines is 1. The maximum Gasteiger partial charge on any atom is 0.264 e. The zero-order valence-corrected chi connectivity index (χ0v) is 29.1. The van der Waals surface area contributed by atoms with Crippen LogP contribution in [-0.2, 0) is 32.6 Å². The fourth-order valence-corrected chi connectivity index (χ4v) is 6.96. The summed E-state index contributed by atoms with van der Waals surface area (Å²) in [6.07, 6.45) is 0.158. The average molecular weight is 701 g/mol. The number of nitrogens with zero attached hydrogens (tertiary/aromatic N) is 2. The topological polar surface area (TPSA) is 86.8 Å². The lowest BCUT2D eigenvalue weighted by Gasteiger charge is -2.35. The minimum absolute atomic E-state index is 0.0433. The van der Waals surface area contributed by atoms with Gasteiger partial charge in [0.25, 0.3) is 10.0 Å². The minimum atomic E-state index is -4.26. The Hall–Kier alpha value is -3.56. The minimum Gasteiger partial charge on any atom is -0.350 e. The Kier molecular flexibility index (Phi) is 11.4. The molecule has 0 spiro atoms. The Balaban J connectivity index is 1.85. The van der Waals surface area contributed by atoms with Crippen LogP contribution in [0.1, 0.15) is 37.5 Å². The molecule has 0 aliphatic rings. The van der Waals surface area contributed by atoms with Gasteiger partial charge in [-0.05, 0) is 87.4 Å². The van der Waals surface area contributed by atoms with Crippen molar-refractivity contribution in [3.8, 4) is 0 Å². The Morgan fingerprint density at radius 3 is 2.02 bits per heavy atom. The molecule has 242 valence electrons. The Morgan fingerprint density at radius 1 is 0.826 bits per heavy atom. The van der Waals surface area contributed by atoms with Crippen LogP contribution in [0.3, 0.4) is 0 Å². The van der Waals surface area contributed by atoms with Crippen LogP contribution in [0.4, 0.5) is 5.69 Å². The van der Waals surface area contributed by atoms with E-state index in [0.29, 0.717) is 20.6 Å². The van der Waals surface area contributed by atoms with E-state index < -0.39 is 40.0 Å². The second-order valence-electron chi connectivity index (χ2n) is 12.0. The van der Waals surface area contributed by atoms with Gasteiger partial charge in [0.05, 0.1) is 10.6 Å². The Labute approximate surface area is 286 Å². The van der Waals surface area contributed by atoms with Crippen LogP contribution in [0.5, 0.6) is 0 Å². The van der Waals surface area contributed by atoms with Crippen molar-refractivity contribution in [2.45, 2.75) is 57.1 Å². The molecule has 46 heavy (non-hydrogen) atoms. The van der Waals surface area contributed by atoms with Gasteiger partial charge < -0.3 is 10.2 Å². The number of carbonyl (C=O) groups excluding carboxylic acids is 2. The molecule has 0 bridgehead atoms.